The Morgan fingerprint density at radius 2 is 1.68 bits per heavy atom. The second kappa shape index (κ2) is 9.54. The summed E-state index contributed by atoms with van der Waals surface area (Å²) in [6.07, 6.45) is 11.3. The van der Waals surface area contributed by atoms with Gasteiger partial charge in [0.1, 0.15) is 0 Å². The van der Waals surface area contributed by atoms with Crippen molar-refractivity contribution in [1.29, 1.82) is 0 Å². The number of carbonyl (C=O) groups excluding carboxylic acids is 1. The lowest BCUT2D eigenvalue weighted by molar-refractivity contribution is -0.138. The largest absolute Gasteiger partial charge is 0.342 e. The fourth-order valence-electron chi connectivity index (χ4n) is 4.16. The number of amides is 1. The number of piperidine rings is 1. The van der Waals surface area contributed by atoms with Gasteiger partial charge in [0.05, 0.1) is 0 Å². The molecule has 3 nitrogen and oxygen atoms in total. The number of carbonyl (C=O) groups is 1. The number of hydrogen-bond donors (Lipinski definition) is 1. The fourth-order valence-corrected chi connectivity index (χ4v) is 4.16. The van der Waals surface area contributed by atoms with Gasteiger partial charge in [0.2, 0.25) is 5.91 Å². The average Bonchev–Trinajstić information content (AvgIpc) is 2.58. The van der Waals surface area contributed by atoms with Crippen LogP contribution in [0.1, 0.15) is 71.6 Å². The third-order valence-corrected chi connectivity index (χ3v) is 5.77. The van der Waals surface area contributed by atoms with E-state index in [4.69, 9.17) is 0 Å². The second-order valence-corrected chi connectivity index (χ2v) is 7.44. The van der Waals surface area contributed by atoms with Gasteiger partial charge in [-0.2, -0.15) is 0 Å². The number of nitrogens with zero attached hydrogens (tertiary/aromatic N) is 1. The van der Waals surface area contributed by atoms with Gasteiger partial charge in [-0.25, -0.2) is 0 Å². The van der Waals surface area contributed by atoms with E-state index in [9.17, 15) is 4.79 Å². The van der Waals surface area contributed by atoms with Gasteiger partial charge in [-0.1, -0.05) is 33.1 Å². The van der Waals surface area contributed by atoms with Crippen molar-refractivity contribution < 1.29 is 4.79 Å². The van der Waals surface area contributed by atoms with Crippen LogP contribution >= 0.6 is 0 Å². The Hall–Kier alpha value is -0.570. The molecule has 2 rings (SSSR count). The van der Waals surface area contributed by atoms with E-state index in [1.165, 1.54) is 44.9 Å². The maximum absolute atomic E-state index is 12.7. The molecule has 0 spiro atoms. The molecule has 1 aliphatic carbocycles. The Bertz CT molecular complexity index is 285. The highest BCUT2D eigenvalue weighted by atomic mass is 16.2. The Kier molecular flexibility index (Phi) is 7.71. The summed E-state index contributed by atoms with van der Waals surface area (Å²) < 4.78 is 0. The van der Waals surface area contributed by atoms with Crippen LogP contribution in [0.25, 0.3) is 0 Å². The smallest absolute Gasteiger partial charge is 0.225 e. The van der Waals surface area contributed by atoms with E-state index >= 15 is 0 Å². The van der Waals surface area contributed by atoms with E-state index in [2.05, 4.69) is 24.1 Å². The Balaban J connectivity index is 1.68. The summed E-state index contributed by atoms with van der Waals surface area (Å²) in [6, 6.07) is 0. The molecule has 22 heavy (non-hydrogen) atoms. The maximum Gasteiger partial charge on any atom is 0.225 e. The van der Waals surface area contributed by atoms with Crippen LogP contribution in [-0.2, 0) is 4.79 Å². The summed E-state index contributed by atoms with van der Waals surface area (Å²) in [5, 5.41) is 3.44. The zero-order chi connectivity index (χ0) is 15.8. The van der Waals surface area contributed by atoms with Crippen molar-refractivity contribution in [2.24, 2.45) is 17.8 Å². The zero-order valence-corrected chi connectivity index (χ0v) is 14.8. The number of rotatable bonds is 7. The highest BCUT2D eigenvalue weighted by Crippen LogP contribution is 2.33. The van der Waals surface area contributed by atoms with Gasteiger partial charge >= 0.3 is 0 Å². The molecule has 1 aliphatic heterocycles. The summed E-state index contributed by atoms with van der Waals surface area (Å²) in [5.74, 6) is 2.47. The molecular weight excluding hydrogens is 272 g/mol. The lowest BCUT2D eigenvalue weighted by Gasteiger charge is -2.36. The molecule has 1 heterocycles. The molecule has 2 fully saturated rings. The predicted molar refractivity (Wildman–Crippen MR) is 92.8 cm³/mol. The molecule has 0 aromatic heterocycles. The van der Waals surface area contributed by atoms with Crippen molar-refractivity contribution in [3.63, 3.8) is 0 Å². The molecule has 1 amide bonds. The van der Waals surface area contributed by atoms with Crippen LogP contribution in [0.15, 0.2) is 0 Å². The molecule has 2 aliphatic rings. The van der Waals surface area contributed by atoms with E-state index in [0.717, 1.165) is 50.9 Å². The van der Waals surface area contributed by atoms with Gasteiger partial charge in [0.15, 0.2) is 0 Å². The highest BCUT2D eigenvalue weighted by Gasteiger charge is 2.31. The molecule has 128 valence electrons. The lowest BCUT2D eigenvalue weighted by Crippen LogP contribution is -2.44. The SMILES string of the molecule is CCCCC1CCC(C(=O)N2CCC(CNCC)CC2)CC1. The molecule has 3 heteroatoms. The van der Waals surface area contributed by atoms with Crippen LogP contribution in [0, 0.1) is 17.8 Å². The van der Waals surface area contributed by atoms with Crippen molar-refractivity contribution in [1.82, 2.24) is 10.2 Å². The zero-order valence-electron chi connectivity index (χ0n) is 14.8. The van der Waals surface area contributed by atoms with Gasteiger partial charge < -0.3 is 10.2 Å². The normalized spacial score (nSPS) is 27.1. The van der Waals surface area contributed by atoms with Crippen molar-refractivity contribution >= 4 is 5.91 Å². The minimum absolute atomic E-state index is 0.336. The first-order chi connectivity index (χ1) is 10.7. The summed E-state index contributed by atoms with van der Waals surface area (Å²) in [4.78, 5) is 14.9. The fraction of sp³-hybridized carbons (Fsp3) is 0.947. The number of likely N-dealkylation sites (tertiary alicyclic amines) is 1. The van der Waals surface area contributed by atoms with E-state index in [-0.39, 0.29) is 0 Å². The second-order valence-electron chi connectivity index (χ2n) is 7.44. The molecule has 0 atom stereocenters. The molecule has 1 saturated carbocycles. The molecule has 0 aromatic rings. The van der Waals surface area contributed by atoms with Gasteiger partial charge in [0.25, 0.3) is 0 Å². The van der Waals surface area contributed by atoms with Crippen LogP contribution in [0.4, 0.5) is 0 Å². The van der Waals surface area contributed by atoms with Gasteiger partial charge in [-0.05, 0) is 63.5 Å². The maximum atomic E-state index is 12.7. The summed E-state index contributed by atoms with van der Waals surface area (Å²) in [6.45, 7) is 8.60. The standard InChI is InChI=1S/C19H36N2O/c1-3-5-6-16-7-9-18(10-8-16)19(22)21-13-11-17(12-14-21)15-20-4-2/h16-18,20H,3-15H2,1-2H3. The Morgan fingerprint density at radius 1 is 1.00 bits per heavy atom. The Labute approximate surface area is 137 Å². The van der Waals surface area contributed by atoms with Gasteiger partial charge in [-0.15, -0.1) is 0 Å². The van der Waals surface area contributed by atoms with Crippen molar-refractivity contribution in [3.05, 3.63) is 0 Å². The average molecular weight is 309 g/mol. The molecule has 0 bridgehead atoms. The lowest BCUT2D eigenvalue weighted by atomic mass is 9.79. The molecule has 0 aromatic carbocycles. The summed E-state index contributed by atoms with van der Waals surface area (Å²) in [7, 11) is 0. The van der Waals surface area contributed by atoms with E-state index in [0.29, 0.717) is 11.8 Å². The molecule has 1 saturated heterocycles. The van der Waals surface area contributed by atoms with Gasteiger partial charge in [-0.3, -0.25) is 4.79 Å². The van der Waals surface area contributed by atoms with Crippen LogP contribution in [0.5, 0.6) is 0 Å². The highest BCUT2D eigenvalue weighted by molar-refractivity contribution is 5.79. The molecule has 0 unspecified atom stereocenters. The first-order valence-corrected chi connectivity index (χ1v) is 9.74. The number of unbranched alkanes of at least 4 members (excludes halogenated alkanes) is 1. The first-order valence-electron chi connectivity index (χ1n) is 9.74. The van der Waals surface area contributed by atoms with Crippen LogP contribution in [-0.4, -0.2) is 37.0 Å². The molecule has 1 N–H and O–H groups in total. The van der Waals surface area contributed by atoms with Crippen LogP contribution in [0.2, 0.25) is 0 Å². The van der Waals surface area contributed by atoms with E-state index in [1.807, 2.05) is 0 Å². The van der Waals surface area contributed by atoms with Crippen molar-refractivity contribution in [2.45, 2.75) is 71.6 Å². The monoisotopic (exact) mass is 308 g/mol. The van der Waals surface area contributed by atoms with E-state index in [1.54, 1.807) is 0 Å². The minimum Gasteiger partial charge on any atom is -0.342 e. The minimum atomic E-state index is 0.336. The number of hydrogen-bond acceptors (Lipinski definition) is 2. The number of nitrogens with one attached hydrogen (secondary N) is 1. The van der Waals surface area contributed by atoms with Crippen molar-refractivity contribution in [3.8, 4) is 0 Å². The predicted octanol–water partition coefficient (Wildman–Crippen LogP) is 3.83. The van der Waals surface area contributed by atoms with E-state index < -0.39 is 0 Å². The third kappa shape index (κ3) is 5.26. The van der Waals surface area contributed by atoms with Crippen LogP contribution in [0.3, 0.4) is 0 Å². The third-order valence-electron chi connectivity index (χ3n) is 5.77. The summed E-state index contributed by atoms with van der Waals surface area (Å²) >= 11 is 0. The first kappa shape index (κ1) is 17.8. The molecule has 0 radical (unpaired) electrons. The Morgan fingerprint density at radius 3 is 2.27 bits per heavy atom. The quantitative estimate of drug-likeness (QED) is 0.775. The van der Waals surface area contributed by atoms with Crippen LogP contribution < -0.4 is 5.32 Å². The summed E-state index contributed by atoms with van der Waals surface area (Å²) in [5.41, 5.74) is 0. The topological polar surface area (TPSA) is 32.3 Å². The van der Waals surface area contributed by atoms with Gasteiger partial charge in [0, 0.05) is 19.0 Å². The molecular formula is C19H36N2O. The van der Waals surface area contributed by atoms with Crippen molar-refractivity contribution in [2.75, 3.05) is 26.2 Å².